The summed E-state index contributed by atoms with van der Waals surface area (Å²) in [6.45, 7) is 0.668. The minimum Gasteiger partial charge on any atom is -0.496 e. The second kappa shape index (κ2) is 5.97. The minimum absolute atomic E-state index is 0.0794. The summed E-state index contributed by atoms with van der Waals surface area (Å²) < 4.78 is 15.9. The third-order valence-corrected chi connectivity index (χ3v) is 3.57. The standard InChI is InChI=1S/C17H17NO4/c1-18(10-13-5-3-4-6-14(13)20-2)17(19)12-7-8-15-16(9-12)22-11-21-15/h3-9H,10-11H2,1-2H3. The van der Waals surface area contributed by atoms with E-state index >= 15 is 0 Å². The van der Waals surface area contributed by atoms with Gasteiger partial charge in [0.1, 0.15) is 5.75 Å². The Labute approximate surface area is 129 Å². The monoisotopic (exact) mass is 299 g/mol. The summed E-state index contributed by atoms with van der Waals surface area (Å²) in [4.78, 5) is 14.2. The smallest absolute Gasteiger partial charge is 0.254 e. The van der Waals surface area contributed by atoms with Crippen molar-refractivity contribution in [2.45, 2.75) is 6.54 Å². The number of nitrogens with zero attached hydrogens (tertiary/aromatic N) is 1. The van der Waals surface area contributed by atoms with Crippen LogP contribution in [0, 0.1) is 0 Å². The van der Waals surface area contributed by atoms with Crippen molar-refractivity contribution in [1.82, 2.24) is 4.90 Å². The first-order valence-electron chi connectivity index (χ1n) is 6.96. The molecule has 5 nitrogen and oxygen atoms in total. The zero-order valence-electron chi connectivity index (χ0n) is 12.5. The van der Waals surface area contributed by atoms with Gasteiger partial charge in [0.25, 0.3) is 5.91 Å². The number of ether oxygens (including phenoxy) is 3. The molecule has 1 aliphatic heterocycles. The summed E-state index contributed by atoms with van der Waals surface area (Å²) in [5, 5.41) is 0. The molecule has 0 saturated heterocycles. The van der Waals surface area contributed by atoms with Crippen molar-refractivity contribution >= 4 is 5.91 Å². The lowest BCUT2D eigenvalue weighted by molar-refractivity contribution is 0.0784. The number of hydrogen-bond donors (Lipinski definition) is 0. The van der Waals surface area contributed by atoms with Gasteiger partial charge in [-0.3, -0.25) is 4.79 Å². The van der Waals surface area contributed by atoms with E-state index in [1.807, 2.05) is 24.3 Å². The second-order valence-corrected chi connectivity index (χ2v) is 5.04. The summed E-state index contributed by atoms with van der Waals surface area (Å²) in [5.41, 5.74) is 1.53. The molecule has 114 valence electrons. The zero-order chi connectivity index (χ0) is 15.5. The quantitative estimate of drug-likeness (QED) is 0.871. The summed E-state index contributed by atoms with van der Waals surface area (Å²) in [7, 11) is 3.39. The van der Waals surface area contributed by atoms with Gasteiger partial charge in [-0.15, -0.1) is 0 Å². The molecule has 22 heavy (non-hydrogen) atoms. The van der Waals surface area contributed by atoms with Gasteiger partial charge in [-0.05, 0) is 24.3 Å². The Bertz CT molecular complexity index is 699. The van der Waals surface area contributed by atoms with Crippen LogP contribution in [-0.4, -0.2) is 31.8 Å². The predicted molar refractivity (Wildman–Crippen MR) is 81.4 cm³/mol. The van der Waals surface area contributed by atoms with E-state index in [1.54, 1.807) is 37.3 Å². The zero-order valence-corrected chi connectivity index (χ0v) is 12.5. The molecule has 0 atom stereocenters. The average molecular weight is 299 g/mol. The number of rotatable bonds is 4. The molecule has 0 unspecified atom stereocenters. The fraction of sp³-hybridized carbons (Fsp3) is 0.235. The van der Waals surface area contributed by atoms with Crippen molar-refractivity contribution in [3.63, 3.8) is 0 Å². The molecule has 0 aliphatic carbocycles. The van der Waals surface area contributed by atoms with E-state index in [-0.39, 0.29) is 12.7 Å². The molecule has 0 radical (unpaired) electrons. The first kappa shape index (κ1) is 14.3. The fourth-order valence-electron chi connectivity index (χ4n) is 2.41. The van der Waals surface area contributed by atoms with Gasteiger partial charge in [0.2, 0.25) is 6.79 Å². The molecule has 1 aliphatic rings. The van der Waals surface area contributed by atoms with Gasteiger partial charge in [0.15, 0.2) is 11.5 Å². The Hall–Kier alpha value is -2.69. The largest absolute Gasteiger partial charge is 0.496 e. The van der Waals surface area contributed by atoms with Crippen molar-refractivity contribution in [3.8, 4) is 17.2 Å². The molecular weight excluding hydrogens is 282 g/mol. The van der Waals surface area contributed by atoms with Gasteiger partial charge >= 0.3 is 0 Å². The van der Waals surface area contributed by atoms with Crippen LogP contribution < -0.4 is 14.2 Å². The van der Waals surface area contributed by atoms with E-state index in [2.05, 4.69) is 0 Å². The molecule has 2 aromatic carbocycles. The van der Waals surface area contributed by atoms with Crippen LogP contribution in [0.1, 0.15) is 15.9 Å². The van der Waals surface area contributed by atoms with E-state index in [0.717, 1.165) is 11.3 Å². The average Bonchev–Trinajstić information content (AvgIpc) is 3.02. The fourth-order valence-corrected chi connectivity index (χ4v) is 2.41. The van der Waals surface area contributed by atoms with E-state index < -0.39 is 0 Å². The van der Waals surface area contributed by atoms with Crippen LogP contribution in [0.25, 0.3) is 0 Å². The second-order valence-electron chi connectivity index (χ2n) is 5.04. The molecule has 0 N–H and O–H groups in total. The first-order valence-corrected chi connectivity index (χ1v) is 6.96. The Kier molecular flexibility index (Phi) is 3.87. The van der Waals surface area contributed by atoms with Crippen LogP contribution in [0.3, 0.4) is 0 Å². The maximum atomic E-state index is 12.5. The summed E-state index contributed by atoms with van der Waals surface area (Å²) in [6, 6.07) is 12.9. The molecule has 0 fully saturated rings. The molecule has 0 spiro atoms. The Morgan fingerprint density at radius 3 is 2.77 bits per heavy atom. The molecule has 0 aromatic heterocycles. The number of fused-ring (bicyclic) bond motifs is 1. The molecule has 5 heteroatoms. The molecule has 1 heterocycles. The van der Waals surface area contributed by atoms with Gasteiger partial charge in [-0.1, -0.05) is 18.2 Å². The van der Waals surface area contributed by atoms with Crippen LogP contribution in [0.15, 0.2) is 42.5 Å². The van der Waals surface area contributed by atoms with Crippen molar-refractivity contribution in [1.29, 1.82) is 0 Å². The lowest BCUT2D eigenvalue weighted by Gasteiger charge is -2.19. The Balaban J connectivity index is 1.77. The van der Waals surface area contributed by atoms with Gasteiger partial charge in [0.05, 0.1) is 7.11 Å². The van der Waals surface area contributed by atoms with Gasteiger partial charge in [-0.25, -0.2) is 0 Å². The number of carbonyl (C=O) groups excluding carboxylic acids is 1. The first-order chi connectivity index (χ1) is 10.7. The van der Waals surface area contributed by atoms with Gasteiger partial charge < -0.3 is 19.1 Å². The highest BCUT2D eigenvalue weighted by Gasteiger charge is 2.19. The molecular formula is C17H17NO4. The SMILES string of the molecule is COc1ccccc1CN(C)C(=O)c1ccc2c(c1)OCO2. The Morgan fingerprint density at radius 1 is 1.18 bits per heavy atom. The molecule has 3 rings (SSSR count). The van der Waals surface area contributed by atoms with Crippen LogP contribution in [0.2, 0.25) is 0 Å². The van der Waals surface area contributed by atoms with Crippen LogP contribution in [0.5, 0.6) is 17.2 Å². The van der Waals surface area contributed by atoms with Crippen LogP contribution in [-0.2, 0) is 6.54 Å². The number of benzene rings is 2. The molecule has 2 aromatic rings. The maximum absolute atomic E-state index is 12.5. The highest BCUT2D eigenvalue weighted by Crippen LogP contribution is 2.33. The van der Waals surface area contributed by atoms with E-state index in [9.17, 15) is 4.79 Å². The number of amides is 1. The van der Waals surface area contributed by atoms with Crippen LogP contribution >= 0.6 is 0 Å². The number of para-hydroxylation sites is 1. The number of methoxy groups -OCH3 is 1. The molecule has 0 saturated carbocycles. The molecule has 0 bridgehead atoms. The third kappa shape index (κ3) is 2.70. The minimum atomic E-state index is -0.0794. The highest BCUT2D eigenvalue weighted by atomic mass is 16.7. The topological polar surface area (TPSA) is 48.0 Å². The lowest BCUT2D eigenvalue weighted by atomic mass is 10.1. The maximum Gasteiger partial charge on any atom is 0.254 e. The Morgan fingerprint density at radius 2 is 1.95 bits per heavy atom. The van der Waals surface area contributed by atoms with Crippen molar-refractivity contribution < 1.29 is 19.0 Å². The number of hydrogen-bond acceptors (Lipinski definition) is 4. The highest BCUT2D eigenvalue weighted by molar-refractivity contribution is 5.94. The van der Waals surface area contributed by atoms with Gasteiger partial charge in [0, 0.05) is 24.7 Å². The van der Waals surface area contributed by atoms with Crippen molar-refractivity contribution in [2.24, 2.45) is 0 Å². The predicted octanol–water partition coefficient (Wildman–Crippen LogP) is 2.70. The van der Waals surface area contributed by atoms with Crippen molar-refractivity contribution in [3.05, 3.63) is 53.6 Å². The summed E-state index contributed by atoms with van der Waals surface area (Å²) >= 11 is 0. The van der Waals surface area contributed by atoms with Gasteiger partial charge in [-0.2, -0.15) is 0 Å². The van der Waals surface area contributed by atoms with Crippen molar-refractivity contribution in [2.75, 3.05) is 21.0 Å². The normalized spacial score (nSPS) is 12.1. The molecule has 1 amide bonds. The van der Waals surface area contributed by atoms with E-state index in [1.165, 1.54) is 0 Å². The summed E-state index contributed by atoms with van der Waals surface area (Å²) in [6.07, 6.45) is 0. The lowest BCUT2D eigenvalue weighted by Crippen LogP contribution is -2.26. The van der Waals surface area contributed by atoms with E-state index in [4.69, 9.17) is 14.2 Å². The third-order valence-electron chi connectivity index (χ3n) is 3.57. The van der Waals surface area contributed by atoms with Crippen LogP contribution in [0.4, 0.5) is 0 Å². The number of carbonyl (C=O) groups is 1. The van der Waals surface area contributed by atoms with E-state index in [0.29, 0.717) is 23.6 Å². The summed E-state index contributed by atoms with van der Waals surface area (Å²) in [5.74, 6) is 1.97.